The Bertz CT molecular complexity index is 1530. The Kier molecular flexibility index (Phi) is 5.60. The lowest BCUT2D eigenvalue weighted by atomic mass is 9.93. The van der Waals surface area contributed by atoms with Crippen molar-refractivity contribution in [3.05, 3.63) is 94.6 Å². The second-order valence-corrected chi connectivity index (χ2v) is 9.29. The molecule has 0 saturated carbocycles. The Morgan fingerprint density at radius 3 is 2.72 bits per heavy atom. The van der Waals surface area contributed by atoms with Crippen molar-refractivity contribution in [3.8, 4) is 0 Å². The monoisotopic (exact) mass is 478 g/mol. The standard InChI is InChI=1S/C29H26N4O3/c1-18-26-22(31-32-28(34)23-16-15-19-8-2-4-11-21(19)30-23)12-6-14-25(26)36-27(18)29(35)33-17-7-10-20-9-3-5-13-24(20)33/h2-5,8-9,11,13,15-16H,6-7,10,12,14,17H2,1H3,(H,32,34)/b31-22+. The SMILES string of the molecule is Cc1c(C(=O)N2CCCc3ccccc32)oc2c1/C(=N/NC(=O)c1ccc3ccccc3n1)CCC2. The van der Waals surface area contributed by atoms with E-state index in [-0.39, 0.29) is 11.8 Å². The first-order chi connectivity index (χ1) is 17.6. The first-order valence-corrected chi connectivity index (χ1v) is 12.4. The number of nitrogens with one attached hydrogen (secondary N) is 1. The molecule has 0 bridgehead atoms. The Balaban J connectivity index is 1.28. The minimum absolute atomic E-state index is 0.127. The molecule has 2 aromatic carbocycles. The molecule has 1 aliphatic heterocycles. The minimum atomic E-state index is -0.372. The second kappa shape index (κ2) is 9.07. The zero-order chi connectivity index (χ0) is 24.6. The van der Waals surface area contributed by atoms with Crippen molar-refractivity contribution in [2.24, 2.45) is 5.10 Å². The zero-order valence-corrected chi connectivity index (χ0v) is 20.1. The highest BCUT2D eigenvalue weighted by molar-refractivity contribution is 6.10. The molecule has 2 aromatic heterocycles. The van der Waals surface area contributed by atoms with Crippen LogP contribution < -0.4 is 10.3 Å². The average Bonchev–Trinajstić information content (AvgIpc) is 3.27. The molecular formula is C29H26N4O3. The molecule has 1 N–H and O–H groups in total. The predicted octanol–water partition coefficient (Wildman–Crippen LogP) is 5.20. The largest absolute Gasteiger partial charge is 0.455 e. The summed E-state index contributed by atoms with van der Waals surface area (Å²) >= 11 is 0. The summed E-state index contributed by atoms with van der Waals surface area (Å²) in [5.41, 5.74) is 8.19. The van der Waals surface area contributed by atoms with Gasteiger partial charge >= 0.3 is 0 Å². The van der Waals surface area contributed by atoms with E-state index in [9.17, 15) is 9.59 Å². The maximum atomic E-state index is 13.6. The topological polar surface area (TPSA) is 87.8 Å². The van der Waals surface area contributed by atoms with Gasteiger partial charge in [0.1, 0.15) is 11.5 Å². The molecule has 2 amide bonds. The number of hydrogen-bond acceptors (Lipinski definition) is 5. The molecule has 0 spiro atoms. The number of fused-ring (bicyclic) bond motifs is 3. The van der Waals surface area contributed by atoms with E-state index in [0.29, 0.717) is 24.4 Å². The van der Waals surface area contributed by atoms with Gasteiger partial charge in [0.15, 0.2) is 5.76 Å². The number of aromatic nitrogens is 1. The number of hydrazone groups is 1. The number of nitrogens with zero attached hydrogens (tertiary/aromatic N) is 3. The van der Waals surface area contributed by atoms with Crippen LogP contribution in [0.4, 0.5) is 5.69 Å². The van der Waals surface area contributed by atoms with E-state index >= 15 is 0 Å². The Morgan fingerprint density at radius 1 is 0.972 bits per heavy atom. The Morgan fingerprint density at radius 2 is 1.81 bits per heavy atom. The quantitative estimate of drug-likeness (QED) is 0.410. The van der Waals surface area contributed by atoms with Gasteiger partial charge in [-0.3, -0.25) is 9.59 Å². The van der Waals surface area contributed by atoms with Crippen molar-refractivity contribution < 1.29 is 14.0 Å². The van der Waals surface area contributed by atoms with Gasteiger partial charge < -0.3 is 9.32 Å². The highest BCUT2D eigenvalue weighted by Gasteiger charge is 2.32. The third kappa shape index (κ3) is 3.86. The number of carbonyl (C=O) groups excluding carboxylic acids is 2. The van der Waals surface area contributed by atoms with Crippen LogP contribution in [0.25, 0.3) is 10.9 Å². The normalized spacial score (nSPS) is 16.0. The highest BCUT2D eigenvalue weighted by atomic mass is 16.4. The van der Waals surface area contributed by atoms with Crippen molar-refractivity contribution in [3.63, 3.8) is 0 Å². The maximum absolute atomic E-state index is 13.6. The van der Waals surface area contributed by atoms with Gasteiger partial charge in [-0.1, -0.05) is 42.5 Å². The highest BCUT2D eigenvalue weighted by Crippen LogP contribution is 2.33. The van der Waals surface area contributed by atoms with Gasteiger partial charge in [0.25, 0.3) is 11.8 Å². The summed E-state index contributed by atoms with van der Waals surface area (Å²) in [6, 6.07) is 19.3. The van der Waals surface area contributed by atoms with Crippen molar-refractivity contribution >= 4 is 34.1 Å². The molecule has 4 aromatic rings. The lowest BCUT2D eigenvalue weighted by Crippen LogP contribution is -2.35. The Labute approximate surface area is 208 Å². The molecule has 3 heterocycles. The van der Waals surface area contributed by atoms with Crippen LogP contribution >= 0.6 is 0 Å². The van der Waals surface area contributed by atoms with Crippen LogP contribution in [0.1, 0.15) is 62.8 Å². The fourth-order valence-electron chi connectivity index (χ4n) is 5.22. The van der Waals surface area contributed by atoms with Gasteiger partial charge in [-0.05, 0) is 56.4 Å². The summed E-state index contributed by atoms with van der Waals surface area (Å²) in [7, 11) is 0. The lowest BCUT2D eigenvalue weighted by Gasteiger charge is -2.28. The van der Waals surface area contributed by atoms with Crippen molar-refractivity contribution in [1.82, 2.24) is 10.4 Å². The summed E-state index contributed by atoms with van der Waals surface area (Å²) in [6.45, 7) is 2.56. The fourth-order valence-corrected chi connectivity index (χ4v) is 5.22. The number of furan rings is 1. The van der Waals surface area contributed by atoms with E-state index in [1.54, 1.807) is 6.07 Å². The van der Waals surface area contributed by atoms with Crippen LogP contribution in [-0.2, 0) is 12.8 Å². The average molecular weight is 479 g/mol. The van der Waals surface area contributed by atoms with Crippen LogP contribution in [0.3, 0.4) is 0 Å². The number of amides is 2. The van der Waals surface area contributed by atoms with E-state index in [2.05, 4.69) is 21.6 Å². The number of hydrogen-bond donors (Lipinski definition) is 1. The second-order valence-electron chi connectivity index (χ2n) is 9.29. The van der Waals surface area contributed by atoms with Crippen LogP contribution in [0.5, 0.6) is 0 Å². The van der Waals surface area contributed by atoms with Crippen LogP contribution in [0.15, 0.2) is 70.2 Å². The van der Waals surface area contributed by atoms with Gasteiger partial charge in [0.05, 0.1) is 11.2 Å². The molecule has 0 atom stereocenters. The summed E-state index contributed by atoms with van der Waals surface area (Å²) in [6.07, 6.45) is 4.15. The first kappa shape index (κ1) is 22.2. The third-order valence-electron chi connectivity index (χ3n) is 7.00. The van der Waals surface area contributed by atoms with Gasteiger partial charge in [-0.25, -0.2) is 10.4 Å². The fraction of sp³-hybridized carbons (Fsp3) is 0.241. The van der Waals surface area contributed by atoms with E-state index < -0.39 is 0 Å². The summed E-state index contributed by atoms with van der Waals surface area (Å²) in [5, 5.41) is 5.43. The molecule has 2 aliphatic rings. The molecule has 1 aliphatic carbocycles. The van der Waals surface area contributed by atoms with Crippen molar-refractivity contribution in [2.75, 3.05) is 11.4 Å². The molecule has 6 rings (SSSR count). The predicted molar refractivity (Wildman–Crippen MR) is 139 cm³/mol. The van der Waals surface area contributed by atoms with Crippen LogP contribution in [-0.4, -0.2) is 29.1 Å². The molecule has 0 radical (unpaired) electrons. The number of para-hydroxylation sites is 2. The van der Waals surface area contributed by atoms with Gasteiger partial charge in [-0.15, -0.1) is 0 Å². The number of aryl methyl sites for hydroxylation is 2. The molecule has 36 heavy (non-hydrogen) atoms. The summed E-state index contributed by atoms with van der Waals surface area (Å²) < 4.78 is 6.14. The molecular weight excluding hydrogens is 452 g/mol. The van der Waals surface area contributed by atoms with Crippen LogP contribution in [0.2, 0.25) is 0 Å². The zero-order valence-electron chi connectivity index (χ0n) is 20.1. The molecule has 0 unspecified atom stereocenters. The van der Waals surface area contributed by atoms with E-state index in [4.69, 9.17) is 4.42 Å². The number of pyridine rings is 1. The summed E-state index contributed by atoms with van der Waals surface area (Å²) in [4.78, 5) is 32.6. The molecule has 180 valence electrons. The molecule has 7 heteroatoms. The smallest absolute Gasteiger partial charge is 0.294 e. The number of anilines is 1. The number of carbonyl (C=O) groups is 2. The minimum Gasteiger partial charge on any atom is -0.455 e. The van der Waals surface area contributed by atoms with Gasteiger partial charge in [0, 0.05) is 35.2 Å². The maximum Gasteiger partial charge on any atom is 0.294 e. The van der Waals surface area contributed by atoms with E-state index in [1.165, 1.54) is 5.56 Å². The van der Waals surface area contributed by atoms with Crippen LogP contribution in [0, 0.1) is 6.92 Å². The van der Waals surface area contributed by atoms with Crippen molar-refractivity contribution in [2.45, 2.75) is 39.0 Å². The van der Waals surface area contributed by atoms with Gasteiger partial charge in [0.2, 0.25) is 0 Å². The lowest BCUT2D eigenvalue weighted by molar-refractivity contribution is 0.0945. The number of rotatable bonds is 3. The molecule has 0 saturated heterocycles. The summed E-state index contributed by atoms with van der Waals surface area (Å²) in [5.74, 6) is 0.610. The third-order valence-corrected chi connectivity index (χ3v) is 7.00. The Hall–Kier alpha value is -4.26. The number of benzene rings is 2. The molecule has 7 nitrogen and oxygen atoms in total. The first-order valence-electron chi connectivity index (χ1n) is 12.4. The van der Waals surface area contributed by atoms with Gasteiger partial charge in [-0.2, -0.15) is 5.10 Å². The van der Waals surface area contributed by atoms with Crippen molar-refractivity contribution in [1.29, 1.82) is 0 Å². The molecule has 0 fully saturated rings. The van der Waals surface area contributed by atoms with E-state index in [0.717, 1.165) is 64.9 Å². The van der Waals surface area contributed by atoms with E-state index in [1.807, 2.05) is 60.4 Å².